The topological polar surface area (TPSA) is 105 Å². The minimum atomic E-state index is -1.03. The number of anilines is 2. The van der Waals surface area contributed by atoms with Gasteiger partial charge < -0.3 is 26.0 Å². The van der Waals surface area contributed by atoms with Crippen LogP contribution in [-0.4, -0.2) is 29.3 Å². The predicted octanol–water partition coefficient (Wildman–Crippen LogP) is 3.37. The van der Waals surface area contributed by atoms with Crippen LogP contribution in [0.3, 0.4) is 0 Å². The van der Waals surface area contributed by atoms with E-state index in [2.05, 4.69) is 5.32 Å². The summed E-state index contributed by atoms with van der Waals surface area (Å²) in [7, 11) is 1.45. The summed E-state index contributed by atoms with van der Waals surface area (Å²) in [5.74, 6) is -0.251. The summed E-state index contributed by atoms with van der Waals surface area (Å²) in [5, 5.41) is 24.9. The number of fused-ring (bicyclic) bond motifs is 1. The average molecular weight is 378 g/mol. The van der Waals surface area contributed by atoms with E-state index < -0.39 is 12.2 Å². The van der Waals surface area contributed by atoms with Crippen LogP contribution in [0, 0.1) is 0 Å². The average Bonchev–Trinajstić information content (AvgIpc) is 2.70. The monoisotopic (exact) mass is 378 g/mol. The number of hydrogen-bond acceptors (Lipinski definition) is 5. The van der Waals surface area contributed by atoms with Crippen molar-refractivity contribution < 1.29 is 19.7 Å². The van der Waals surface area contributed by atoms with Gasteiger partial charge in [-0.15, -0.1) is 0 Å². The number of phenolic OH excluding ortho intramolecular Hbond substituents is 1. The number of aliphatic hydroxyl groups is 1. The van der Waals surface area contributed by atoms with E-state index in [1.807, 2.05) is 18.2 Å². The number of nitrogens with one attached hydrogen (secondary N) is 1. The Morgan fingerprint density at radius 3 is 2.46 bits per heavy atom. The number of aliphatic hydroxyl groups excluding tert-OH is 1. The highest BCUT2D eigenvalue weighted by Crippen LogP contribution is 2.32. The molecule has 0 aromatic heterocycles. The molecular formula is C22H22N2O4. The maximum Gasteiger partial charge on any atom is 0.248 e. The van der Waals surface area contributed by atoms with Crippen molar-refractivity contribution in [2.24, 2.45) is 0 Å². The number of methoxy groups -OCH3 is 1. The van der Waals surface area contributed by atoms with E-state index in [0.29, 0.717) is 27.7 Å². The SMILES string of the molecule is CO[C@@H](/C=C/C(=O)Nc1ccccc1N)[C@@H](O)c1ccc(O)c2ccccc12. The lowest BCUT2D eigenvalue weighted by Crippen LogP contribution is -2.20. The van der Waals surface area contributed by atoms with Crippen LogP contribution in [-0.2, 0) is 9.53 Å². The molecule has 0 radical (unpaired) electrons. The van der Waals surface area contributed by atoms with Crippen LogP contribution in [0.25, 0.3) is 10.8 Å². The number of carbonyl (C=O) groups excluding carboxylic acids is 1. The summed E-state index contributed by atoms with van der Waals surface area (Å²) in [4.78, 5) is 12.2. The van der Waals surface area contributed by atoms with Crippen molar-refractivity contribution in [2.75, 3.05) is 18.2 Å². The van der Waals surface area contributed by atoms with Crippen molar-refractivity contribution >= 4 is 28.1 Å². The van der Waals surface area contributed by atoms with Gasteiger partial charge in [-0.25, -0.2) is 0 Å². The fourth-order valence-electron chi connectivity index (χ4n) is 3.02. The molecule has 3 rings (SSSR count). The van der Waals surface area contributed by atoms with Crippen molar-refractivity contribution in [3.8, 4) is 5.75 Å². The number of nitrogen functional groups attached to an aromatic ring is 1. The second-order valence-electron chi connectivity index (χ2n) is 6.30. The zero-order valence-corrected chi connectivity index (χ0v) is 15.4. The van der Waals surface area contributed by atoms with Gasteiger partial charge in [-0.05, 0) is 35.2 Å². The first-order valence-corrected chi connectivity index (χ1v) is 8.76. The molecule has 0 unspecified atom stereocenters. The number of nitrogens with two attached hydrogens (primary N) is 1. The molecule has 6 heteroatoms. The highest BCUT2D eigenvalue weighted by molar-refractivity contribution is 6.01. The first-order valence-electron chi connectivity index (χ1n) is 8.76. The fraction of sp³-hybridized carbons (Fsp3) is 0.136. The molecular weight excluding hydrogens is 356 g/mol. The number of ether oxygens (including phenoxy) is 1. The Labute approximate surface area is 162 Å². The van der Waals surface area contributed by atoms with E-state index in [0.717, 1.165) is 0 Å². The van der Waals surface area contributed by atoms with Crippen LogP contribution in [0.4, 0.5) is 11.4 Å². The molecule has 0 aliphatic rings. The number of aromatic hydroxyl groups is 1. The van der Waals surface area contributed by atoms with Gasteiger partial charge in [0.1, 0.15) is 18.0 Å². The third-order valence-electron chi connectivity index (χ3n) is 4.49. The summed E-state index contributed by atoms with van der Waals surface area (Å²) in [6.45, 7) is 0. The van der Waals surface area contributed by atoms with E-state index in [4.69, 9.17) is 10.5 Å². The minimum Gasteiger partial charge on any atom is -0.507 e. The van der Waals surface area contributed by atoms with Gasteiger partial charge >= 0.3 is 0 Å². The molecule has 3 aromatic rings. The number of para-hydroxylation sites is 2. The number of amides is 1. The summed E-state index contributed by atoms with van der Waals surface area (Å²) < 4.78 is 5.37. The normalized spacial score (nSPS) is 13.5. The van der Waals surface area contributed by atoms with Crippen molar-refractivity contribution in [3.63, 3.8) is 0 Å². The highest BCUT2D eigenvalue weighted by Gasteiger charge is 2.21. The Bertz CT molecular complexity index is 1020. The van der Waals surface area contributed by atoms with Gasteiger partial charge in [-0.2, -0.15) is 0 Å². The second kappa shape index (κ2) is 8.56. The first kappa shape index (κ1) is 19.4. The largest absolute Gasteiger partial charge is 0.507 e. The van der Waals surface area contributed by atoms with Crippen LogP contribution in [0.1, 0.15) is 11.7 Å². The third-order valence-corrected chi connectivity index (χ3v) is 4.49. The van der Waals surface area contributed by atoms with Gasteiger partial charge in [-0.1, -0.05) is 42.5 Å². The summed E-state index contributed by atoms with van der Waals surface area (Å²) in [6.07, 6.45) is 1.00. The first-order chi connectivity index (χ1) is 13.5. The van der Waals surface area contributed by atoms with Gasteiger partial charge in [0, 0.05) is 18.6 Å². The zero-order valence-electron chi connectivity index (χ0n) is 15.4. The molecule has 2 atom stereocenters. The molecule has 0 aliphatic carbocycles. The maximum atomic E-state index is 12.2. The van der Waals surface area contributed by atoms with E-state index in [9.17, 15) is 15.0 Å². The lowest BCUT2D eigenvalue weighted by Gasteiger charge is -2.20. The van der Waals surface area contributed by atoms with Crippen molar-refractivity contribution in [3.05, 3.63) is 78.4 Å². The standard InChI is InChI=1S/C22H22N2O4/c1-28-20(12-13-21(26)24-18-9-5-4-8-17(18)23)22(27)16-10-11-19(25)15-7-3-2-6-14(15)16/h2-13,20,22,25,27H,23H2,1H3,(H,24,26)/b13-12+/t20-,22-/m0/s1. The van der Waals surface area contributed by atoms with Crippen LogP contribution in [0.5, 0.6) is 5.75 Å². The Morgan fingerprint density at radius 2 is 1.75 bits per heavy atom. The van der Waals surface area contributed by atoms with Gasteiger partial charge in [0.05, 0.1) is 11.4 Å². The molecule has 0 fully saturated rings. The third kappa shape index (κ3) is 4.14. The number of rotatable bonds is 6. The predicted molar refractivity (Wildman–Crippen MR) is 110 cm³/mol. The number of hydrogen-bond donors (Lipinski definition) is 4. The number of carbonyl (C=O) groups is 1. The van der Waals surface area contributed by atoms with Crippen molar-refractivity contribution in [1.82, 2.24) is 0 Å². The Hall–Kier alpha value is -3.35. The Balaban J connectivity index is 1.80. The van der Waals surface area contributed by atoms with Crippen LogP contribution in [0.15, 0.2) is 72.8 Å². The molecule has 1 amide bonds. The molecule has 0 saturated heterocycles. The van der Waals surface area contributed by atoms with Gasteiger partial charge in [-0.3, -0.25) is 4.79 Å². The van der Waals surface area contributed by atoms with Gasteiger partial charge in [0.15, 0.2) is 0 Å². The summed E-state index contributed by atoms with van der Waals surface area (Å²) in [6, 6.07) is 17.3. The molecule has 0 spiro atoms. The van der Waals surface area contributed by atoms with E-state index in [1.54, 1.807) is 36.4 Å². The molecule has 144 valence electrons. The van der Waals surface area contributed by atoms with Crippen molar-refractivity contribution in [1.29, 1.82) is 0 Å². The van der Waals surface area contributed by atoms with E-state index in [-0.39, 0.29) is 11.7 Å². The number of phenols is 1. The smallest absolute Gasteiger partial charge is 0.248 e. The van der Waals surface area contributed by atoms with E-state index >= 15 is 0 Å². The molecule has 28 heavy (non-hydrogen) atoms. The quantitative estimate of drug-likeness (QED) is 0.389. The van der Waals surface area contributed by atoms with Crippen LogP contribution < -0.4 is 11.1 Å². The van der Waals surface area contributed by atoms with Gasteiger partial charge in [0.25, 0.3) is 0 Å². The van der Waals surface area contributed by atoms with Crippen molar-refractivity contribution in [2.45, 2.75) is 12.2 Å². The maximum absolute atomic E-state index is 12.2. The number of benzene rings is 3. The summed E-state index contributed by atoms with van der Waals surface area (Å²) >= 11 is 0. The highest BCUT2D eigenvalue weighted by atomic mass is 16.5. The molecule has 0 heterocycles. The Kier molecular flexibility index (Phi) is 5.93. The molecule has 3 aromatic carbocycles. The molecule has 0 saturated carbocycles. The summed E-state index contributed by atoms with van der Waals surface area (Å²) in [5.41, 5.74) is 7.38. The molecule has 0 bridgehead atoms. The zero-order chi connectivity index (χ0) is 20.1. The van der Waals surface area contributed by atoms with E-state index in [1.165, 1.54) is 25.3 Å². The van der Waals surface area contributed by atoms with Crippen LogP contribution >= 0.6 is 0 Å². The molecule has 6 nitrogen and oxygen atoms in total. The van der Waals surface area contributed by atoms with Crippen LogP contribution in [0.2, 0.25) is 0 Å². The second-order valence-corrected chi connectivity index (χ2v) is 6.30. The lowest BCUT2D eigenvalue weighted by molar-refractivity contribution is -0.112. The molecule has 5 N–H and O–H groups in total. The fourth-order valence-corrected chi connectivity index (χ4v) is 3.02. The van der Waals surface area contributed by atoms with Gasteiger partial charge in [0.2, 0.25) is 5.91 Å². The molecule has 0 aliphatic heterocycles. The minimum absolute atomic E-state index is 0.135. The lowest BCUT2D eigenvalue weighted by atomic mass is 9.96. The Morgan fingerprint density at radius 1 is 1.07 bits per heavy atom.